The van der Waals surface area contributed by atoms with Gasteiger partial charge in [-0.15, -0.1) is 10.2 Å². The van der Waals surface area contributed by atoms with Crippen LogP contribution in [-0.2, 0) is 11.8 Å². The molecule has 136 valence electrons. The number of amides is 1. The quantitative estimate of drug-likeness (QED) is 0.843. The molecule has 1 aliphatic heterocycles. The van der Waals surface area contributed by atoms with Gasteiger partial charge in [-0.1, -0.05) is 27.7 Å². The van der Waals surface area contributed by atoms with Crippen LogP contribution in [0, 0.1) is 0 Å². The van der Waals surface area contributed by atoms with Crippen molar-refractivity contribution in [1.82, 2.24) is 24.9 Å². The van der Waals surface area contributed by atoms with Gasteiger partial charge >= 0.3 is 0 Å². The van der Waals surface area contributed by atoms with Gasteiger partial charge in [0.2, 0.25) is 11.8 Å². The van der Waals surface area contributed by atoms with Gasteiger partial charge in [-0.05, 0) is 12.0 Å². The van der Waals surface area contributed by atoms with E-state index in [-0.39, 0.29) is 11.8 Å². The van der Waals surface area contributed by atoms with Crippen molar-refractivity contribution >= 4 is 5.91 Å². The Balaban J connectivity index is 1.74. The van der Waals surface area contributed by atoms with E-state index in [0.29, 0.717) is 43.1 Å². The zero-order chi connectivity index (χ0) is 18.1. The third kappa shape index (κ3) is 3.58. The van der Waals surface area contributed by atoms with Gasteiger partial charge in [0.25, 0.3) is 5.91 Å². The van der Waals surface area contributed by atoms with Crippen LogP contribution in [0.5, 0.6) is 0 Å². The van der Waals surface area contributed by atoms with Crippen LogP contribution in [-0.4, -0.2) is 50.5 Å². The third-order valence-electron chi connectivity index (χ3n) is 4.31. The summed E-state index contributed by atoms with van der Waals surface area (Å²) in [7, 11) is 1.86. The molecular weight excluding hydrogens is 322 g/mol. The summed E-state index contributed by atoms with van der Waals surface area (Å²) in [4.78, 5) is 14.5. The van der Waals surface area contributed by atoms with Crippen molar-refractivity contribution < 1.29 is 13.9 Å². The number of rotatable bonds is 4. The lowest BCUT2D eigenvalue weighted by molar-refractivity contribution is -0.0352. The van der Waals surface area contributed by atoms with Crippen LogP contribution >= 0.6 is 0 Å². The first-order valence-corrected chi connectivity index (χ1v) is 8.65. The van der Waals surface area contributed by atoms with E-state index in [2.05, 4.69) is 29.1 Å². The largest absolute Gasteiger partial charge is 0.422 e. The smallest absolute Gasteiger partial charge is 0.274 e. The second-order valence-corrected chi connectivity index (χ2v) is 6.98. The van der Waals surface area contributed by atoms with E-state index in [1.54, 1.807) is 9.58 Å². The van der Waals surface area contributed by atoms with Gasteiger partial charge in [-0.25, -0.2) is 0 Å². The van der Waals surface area contributed by atoms with Crippen molar-refractivity contribution in [3.8, 4) is 0 Å². The zero-order valence-electron chi connectivity index (χ0n) is 15.4. The number of aromatic nitrogens is 4. The van der Waals surface area contributed by atoms with Gasteiger partial charge in [-0.3, -0.25) is 9.48 Å². The molecule has 0 unspecified atom stereocenters. The molecule has 1 fully saturated rings. The number of hydrogen-bond donors (Lipinski definition) is 0. The molecule has 0 bridgehead atoms. The number of ether oxygens (including phenoxy) is 1. The molecule has 0 saturated carbocycles. The first-order valence-electron chi connectivity index (χ1n) is 8.65. The van der Waals surface area contributed by atoms with E-state index >= 15 is 0 Å². The Bertz CT molecular complexity index is 749. The molecule has 8 heteroatoms. The zero-order valence-corrected chi connectivity index (χ0v) is 15.4. The van der Waals surface area contributed by atoms with Crippen molar-refractivity contribution in [3.05, 3.63) is 29.2 Å². The second-order valence-electron chi connectivity index (χ2n) is 6.98. The molecule has 0 N–H and O–H groups in total. The van der Waals surface area contributed by atoms with Gasteiger partial charge in [0.15, 0.2) is 11.8 Å². The summed E-state index contributed by atoms with van der Waals surface area (Å²) >= 11 is 0. The highest BCUT2D eigenvalue weighted by Crippen LogP contribution is 2.24. The highest BCUT2D eigenvalue weighted by atomic mass is 16.5. The predicted molar refractivity (Wildman–Crippen MR) is 90.3 cm³/mol. The lowest BCUT2D eigenvalue weighted by atomic mass is 10.1. The average Bonchev–Trinajstić information content (AvgIpc) is 3.21. The summed E-state index contributed by atoms with van der Waals surface area (Å²) in [5, 5.41) is 12.5. The number of hydrogen-bond acceptors (Lipinski definition) is 6. The molecular formula is C17H25N5O3. The van der Waals surface area contributed by atoms with Gasteiger partial charge in [0.1, 0.15) is 0 Å². The van der Waals surface area contributed by atoms with E-state index in [9.17, 15) is 4.79 Å². The number of aryl methyl sites for hydroxylation is 1. The molecule has 3 heterocycles. The average molecular weight is 347 g/mol. The predicted octanol–water partition coefficient (Wildman–Crippen LogP) is 2.26. The van der Waals surface area contributed by atoms with Crippen LogP contribution in [0.3, 0.4) is 0 Å². The molecule has 0 aliphatic carbocycles. The van der Waals surface area contributed by atoms with Crippen LogP contribution in [0.2, 0.25) is 0 Å². The van der Waals surface area contributed by atoms with Gasteiger partial charge < -0.3 is 14.1 Å². The summed E-state index contributed by atoms with van der Waals surface area (Å²) < 4.78 is 13.2. The number of carbonyl (C=O) groups is 1. The van der Waals surface area contributed by atoms with Gasteiger partial charge in [0, 0.05) is 25.2 Å². The van der Waals surface area contributed by atoms with Crippen molar-refractivity contribution in [2.75, 3.05) is 19.7 Å². The Morgan fingerprint density at radius 1 is 1.24 bits per heavy atom. The van der Waals surface area contributed by atoms with Crippen molar-refractivity contribution in [3.63, 3.8) is 0 Å². The Hall–Kier alpha value is -2.22. The minimum absolute atomic E-state index is 0.0978. The van der Waals surface area contributed by atoms with Gasteiger partial charge in [-0.2, -0.15) is 5.10 Å². The molecule has 1 atom stereocenters. The SMILES string of the molecule is CC(C)c1nnc([C@H]2CN(C(=O)c3cc(C(C)C)n(C)n3)CCO2)o1. The first kappa shape index (κ1) is 17.6. The number of morpholine rings is 1. The lowest BCUT2D eigenvalue weighted by Gasteiger charge is -2.30. The fourth-order valence-corrected chi connectivity index (χ4v) is 2.88. The number of carbonyl (C=O) groups excluding carboxylic acids is 1. The monoisotopic (exact) mass is 347 g/mol. The fraction of sp³-hybridized carbons (Fsp3) is 0.647. The van der Waals surface area contributed by atoms with Crippen molar-refractivity contribution in [2.24, 2.45) is 7.05 Å². The standard InChI is InChI=1S/C17H25N5O3/c1-10(2)13-8-12(20-21(13)5)17(23)22-6-7-24-14(9-22)16-19-18-15(25-16)11(3)4/h8,10-11,14H,6-7,9H2,1-5H3/t14-/m1/s1. The van der Waals surface area contributed by atoms with E-state index < -0.39 is 6.10 Å². The van der Waals surface area contributed by atoms with Crippen molar-refractivity contribution in [1.29, 1.82) is 0 Å². The summed E-state index contributed by atoms with van der Waals surface area (Å²) in [5.41, 5.74) is 1.49. The van der Waals surface area contributed by atoms with E-state index in [0.717, 1.165) is 5.69 Å². The maximum absolute atomic E-state index is 12.8. The molecule has 0 radical (unpaired) electrons. The summed E-state index contributed by atoms with van der Waals surface area (Å²) in [6.45, 7) is 9.47. The van der Waals surface area contributed by atoms with Crippen LogP contribution in [0.4, 0.5) is 0 Å². The molecule has 0 aromatic carbocycles. The van der Waals surface area contributed by atoms with E-state index in [4.69, 9.17) is 9.15 Å². The van der Waals surface area contributed by atoms with E-state index in [1.807, 2.05) is 27.0 Å². The molecule has 1 saturated heterocycles. The molecule has 2 aromatic heterocycles. The molecule has 1 amide bonds. The molecule has 2 aromatic rings. The minimum Gasteiger partial charge on any atom is -0.422 e. The Labute approximate surface area is 147 Å². The Morgan fingerprint density at radius 3 is 2.60 bits per heavy atom. The number of nitrogens with zero attached hydrogens (tertiary/aromatic N) is 5. The third-order valence-corrected chi connectivity index (χ3v) is 4.31. The second kappa shape index (κ2) is 6.95. The maximum Gasteiger partial charge on any atom is 0.274 e. The normalized spacial score (nSPS) is 18.4. The fourth-order valence-electron chi connectivity index (χ4n) is 2.88. The highest BCUT2D eigenvalue weighted by Gasteiger charge is 2.31. The summed E-state index contributed by atoms with van der Waals surface area (Å²) in [5.74, 6) is 1.37. The van der Waals surface area contributed by atoms with Crippen LogP contribution < -0.4 is 0 Å². The van der Waals surface area contributed by atoms with Crippen LogP contribution in [0.1, 0.15) is 73.6 Å². The van der Waals surface area contributed by atoms with Crippen LogP contribution in [0.25, 0.3) is 0 Å². The molecule has 1 aliphatic rings. The highest BCUT2D eigenvalue weighted by molar-refractivity contribution is 5.92. The summed E-state index contributed by atoms with van der Waals surface area (Å²) in [6.07, 6.45) is -0.397. The molecule has 3 rings (SSSR count). The van der Waals surface area contributed by atoms with Crippen molar-refractivity contribution in [2.45, 2.75) is 45.6 Å². The molecule has 0 spiro atoms. The maximum atomic E-state index is 12.8. The molecule has 8 nitrogen and oxygen atoms in total. The Kier molecular flexibility index (Phi) is 4.89. The van der Waals surface area contributed by atoms with Crippen LogP contribution in [0.15, 0.2) is 10.5 Å². The Morgan fingerprint density at radius 2 is 2.00 bits per heavy atom. The molecule has 25 heavy (non-hydrogen) atoms. The minimum atomic E-state index is -0.397. The topological polar surface area (TPSA) is 86.3 Å². The summed E-state index contributed by atoms with van der Waals surface area (Å²) in [6, 6.07) is 1.86. The van der Waals surface area contributed by atoms with E-state index in [1.165, 1.54) is 0 Å². The van der Waals surface area contributed by atoms with Gasteiger partial charge in [0.05, 0.1) is 13.2 Å². The lowest BCUT2D eigenvalue weighted by Crippen LogP contribution is -2.42. The first-order chi connectivity index (χ1) is 11.9.